The lowest BCUT2D eigenvalue weighted by Gasteiger charge is -2.23. The Morgan fingerprint density at radius 3 is 2.35 bits per heavy atom. The number of aryl methyl sites for hydroxylation is 1. The maximum atomic E-state index is 13.3. The summed E-state index contributed by atoms with van der Waals surface area (Å²) in [5.41, 5.74) is 0.868. The predicted octanol–water partition coefficient (Wildman–Crippen LogP) is 5.80. The molecule has 4 aromatic rings. The van der Waals surface area contributed by atoms with Crippen LogP contribution in [-0.2, 0) is 9.59 Å². The Kier molecular flexibility index (Phi) is 6.47. The van der Waals surface area contributed by atoms with Crippen LogP contribution in [0.15, 0.2) is 95.0 Å². The molecule has 1 unspecified atom stereocenters. The molecular formula is C29H24N2O6. The molecule has 1 amide bonds. The maximum absolute atomic E-state index is 13.3. The van der Waals surface area contributed by atoms with Crippen LogP contribution in [0.2, 0.25) is 0 Å². The Balaban J connectivity index is 1.62. The van der Waals surface area contributed by atoms with Crippen molar-refractivity contribution in [3.63, 3.8) is 0 Å². The van der Waals surface area contributed by atoms with Gasteiger partial charge in [-0.1, -0.05) is 35.5 Å². The number of ketones is 1. The second-order valence-corrected chi connectivity index (χ2v) is 8.41. The van der Waals surface area contributed by atoms with Crippen molar-refractivity contribution in [2.24, 2.45) is 0 Å². The molecule has 0 bridgehead atoms. The largest absolute Gasteiger partial charge is 0.507 e. The normalized spacial score (nSPS) is 16.7. The first-order valence-corrected chi connectivity index (χ1v) is 11.8. The number of amides is 1. The molecule has 1 N–H and O–H groups in total. The number of hydrogen-bond acceptors (Lipinski definition) is 7. The number of Topliss-reactive ketones (excluding diaryl/α,β-unsaturated/α-hetero) is 1. The molecule has 0 spiro atoms. The lowest BCUT2D eigenvalue weighted by Crippen LogP contribution is -2.29. The van der Waals surface area contributed by atoms with Gasteiger partial charge in [0.25, 0.3) is 5.78 Å². The van der Waals surface area contributed by atoms with Crippen LogP contribution in [0, 0.1) is 6.92 Å². The van der Waals surface area contributed by atoms with Crippen LogP contribution in [0.1, 0.15) is 29.9 Å². The zero-order chi connectivity index (χ0) is 25.9. The summed E-state index contributed by atoms with van der Waals surface area (Å²) < 4.78 is 16.6. The number of benzene rings is 3. The summed E-state index contributed by atoms with van der Waals surface area (Å²) in [7, 11) is 0. The molecule has 5 rings (SSSR count). The number of carbonyl (C=O) groups is 2. The highest BCUT2D eigenvalue weighted by Crippen LogP contribution is 2.43. The molecule has 1 fully saturated rings. The average molecular weight is 497 g/mol. The Hall–Kier alpha value is -4.85. The highest BCUT2D eigenvalue weighted by Gasteiger charge is 2.48. The molecule has 1 saturated heterocycles. The number of carbonyl (C=O) groups excluding carboxylic acids is 2. The Labute approximate surface area is 213 Å². The zero-order valence-corrected chi connectivity index (χ0v) is 20.3. The molecule has 0 saturated carbocycles. The number of ether oxygens (including phenoxy) is 2. The average Bonchev–Trinajstić information content (AvgIpc) is 3.45. The Morgan fingerprint density at radius 2 is 1.68 bits per heavy atom. The number of para-hydroxylation sites is 1. The van der Waals surface area contributed by atoms with Crippen molar-refractivity contribution in [3.05, 3.63) is 107 Å². The van der Waals surface area contributed by atoms with Crippen molar-refractivity contribution >= 4 is 23.3 Å². The van der Waals surface area contributed by atoms with Crippen LogP contribution in [0.5, 0.6) is 17.2 Å². The summed E-state index contributed by atoms with van der Waals surface area (Å²) in [6.45, 7) is 4.06. The van der Waals surface area contributed by atoms with Crippen LogP contribution in [0.4, 0.5) is 5.82 Å². The Bertz CT molecular complexity index is 1470. The van der Waals surface area contributed by atoms with E-state index < -0.39 is 17.7 Å². The number of aliphatic hydroxyl groups excluding tert-OH is 1. The minimum Gasteiger partial charge on any atom is -0.507 e. The summed E-state index contributed by atoms with van der Waals surface area (Å²) in [4.78, 5) is 27.8. The topological polar surface area (TPSA) is 102 Å². The van der Waals surface area contributed by atoms with Crippen LogP contribution >= 0.6 is 0 Å². The third-order valence-electron chi connectivity index (χ3n) is 5.90. The lowest BCUT2D eigenvalue weighted by atomic mass is 9.95. The molecule has 8 heteroatoms. The van der Waals surface area contributed by atoms with Gasteiger partial charge in [0.05, 0.1) is 18.2 Å². The van der Waals surface area contributed by atoms with Gasteiger partial charge in [-0.2, -0.15) is 0 Å². The monoisotopic (exact) mass is 496 g/mol. The number of aliphatic hydroxyl groups is 1. The van der Waals surface area contributed by atoms with Gasteiger partial charge in [-0.3, -0.25) is 14.5 Å². The van der Waals surface area contributed by atoms with E-state index in [0.717, 1.165) is 0 Å². The van der Waals surface area contributed by atoms with Crippen LogP contribution in [0.25, 0.3) is 5.76 Å². The predicted molar refractivity (Wildman–Crippen MR) is 137 cm³/mol. The van der Waals surface area contributed by atoms with Gasteiger partial charge in [0.2, 0.25) is 0 Å². The Morgan fingerprint density at radius 1 is 0.946 bits per heavy atom. The van der Waals surface area contributed by atoms with E-state index in [1.54, 1.807) is 61.5 Å². The molecule has 1 aliphatic rings. The molecule has 0 aliphatic carbocycles. The van der Waals surface area contributed by atoms with Crippen molar-refractivity contribution in [1.29, 1.82) is 0 Å². The first-order valence-electron chi connectivity index (χ1n) is 11.8. The fraction of sp³-hybridized carbons (Fsp3) is 0.138. The van der Waals surface area contributed by atoms with Crippen LogP contribution in [-0.4, -0.2) is 28.6 Å². The third kappa shape index (κ3) is 4.69. The second kappa shape index (κ2) is 10.0. The highest BCUT2D eigenvalue weighted by molar-refractivity contribution is 6.51. The first-order chi connectivity index (χ1) is 18.0. The van der Waals surface area contributed by atoms with Gasteiger partial charge in [-0.05, 0) is 67.9 Å². The molecule has 0 radical (unpaired) electrons. The standard InChI is InChI=1S/C29H24N2O6/c1-3-35-21-14-12-19(13-15-21)27(32)25-26(31(29(34)28(25)33)24-16-18(2)37-30-24)20-8-7-11-23(17-20)36-22-9-5-4-6-10-22/h4-17,26,32H,3H2,1-2H3/b27-25+. The maximum Gasteiger partial charge on any atom is 0.301 e. The fourth-order valence-corrected chi connectivity index (χ4v) is 4.25. The summed E-state index contributed by atoms with van der Waals surface area (Å²) >= 11 is 0. The highest BCUT2D eigenvalue weighted by atomic mass is 16.5. The zero-order valence-electron chi connectivity index (χ0n) is 20.3. The second-order valence-electron chi connectivity index (χ2n) is 8.41. The van der Waals surface area contributed by atoms with E-state index in [0.29, 0.717) is 40.7 Å². The molecule has 1 aliphatic heterocycles. The van der Waals surface area contributed by atoms with E-state index in [1.165, 1.54) is 4.90 Å². The van der Waals surface area contributed by atoms with E-state index in [2.05, 4.69) is 5.16 Å². The number of hydrogen-bond donors (Lipinski definition) is 1. The van der Waals surface area contributed by atoms with E-state index in [1.807, 2.05) is 37.3 Å². The van der Waals surface area contributed by atoms with Crippen molar-refractivity contribution in [2.75, 3.05) is 11.5 Å². The van der Waals surface area contributed by atoms with Gasteiger partial charge in [0.15, 0.2) is 5.82 Å². The molecule has 37 heavy (non-hydrogen) atoms. The van der Waals surface area contributed by atoms with E-state index in [4.69, 9.17) is 14.0 Å². The molecular weight excluding hydrogens is 472 g/mol. The molecule has 8 nitrogen and oxygen atoms in total. The van der Waals surface area contributed by atoms with Crippen molar-refractivity contribution in [3.8, 4) is 17.2 Å². The third-order valence-corrected chi connectivity index (χ3v) is 5.90. The molecule has 2 heterocycles. The fourth-order valence-electron chi connectivity index (χ4n) is 4.25. The van der Waals surface area contributed by atoms with Crippen molar-refractivity contribution < 1.29 is 28.7 Å². The summed E-state index contributed by atoms with van der Waals surface area (Å²) in [5, 5.41) is 15.3. The van der Waals surface area contributed by atoms with Crippen LogP contribution in [0.3, 0.4) is 0 Å². The van der Waals surface area contributed by atoms with Crippen molar-refractivity contribution in [1.82, 2.24) is 5.16 Å². The van der Waals surface area contributed by atoms with Gasteiger partial charge in [0, 0.05) is 11.6 Å². The molecule has 1 atom stereocenters. The van der Waals surface area contributed by atoms with Gasteiger partial charge in [-0.25, -0.2) is 0 Å². The number of anilines is 1. The van der Waals surface area contributed by atoms with Gasteiger partial charge >= 0.3 is 5.91 Å². The number of rotatable bonds is 7. The number of aromatic nitrogens is 1. The van der Waals surface area contributed by atoms with Crippen LogP contribution < -0.4 is 14.4 Å². The van der Waals surface area contributed by atoms with E-state index >= 15 is 0 Å². The van der Waals surface area contributed by atoms with E-state index in [-0.39, 0.29) is 17.2 Å². The lowest BCUT2D eigenvalue weighted by molar-refractivity contribution is -0.132. The van der Waals surface area contributed by atoms with Gasteiger partial charge in [-0.15, -0.1) is 0 Å². The first kappa shape index (κ1) is 23.9. The summed E-state index contributed by atoms with van der Waals surface area (Å²) in [5.74, 6) is 0.463. The minimum atomic E-state index is -0.963. The molecule has 1 aromatic heterocycles. The van der Waals surface area contributed by atoms with Crippen molar-refractivity contribution in [2.45, 2.75) is 19.9 Å². The van der Waals surface area contributed by atoms with Gasteiger partial charge in [0.1, 0.15) is 28.8 Å². The summed E-state index contributed by atoms with van der Waals surface area (Å²) in [6, 6.07) is 23.6. The van der Waals surface area contributed by atoms with Gasteiger partial charge < -0.3 is 19.1 Å². The molecule has 186 valence electrons. The molecule has 3 aromatic carbocycles. The quantitative estimate of drug-likeness (QED) is 0.196. The summed E-state index contributed by atoms with van der Waals surface area (Å²) in [6.07, 6.45) is 0. The smallest absolute Gasteiger partial charge is 0.301 e. The minimum absolute atomic E-state index is 0.0633. The number of nitrogens with zero attached hydrogens (tertiary/aromatic N) is 2. The van der Waals surface area contributed by atoms with E-state index in [9.17, 15) is 14.7 Å². The SMILES string of the molecule is CCOc1ccc(/C(O)=C2\C(=O)C(=O)N(c3cc(C)on3)C2c2cccc(Oc3ccccc3)c2)cc1.